The molecule has 0 radical (unpaired) electrons. The van der Waals surface area contributed by atoms with Crippen LogP contribution in [-0.2, 0) is 9.84 Å². The van der Waals surface area contributed by atoms with Gasteiger partial charge in [-0.05, 0) is 38.6 Å². The number of ether oxygens (including phenoxy) is 1. The third-order valence-corrected chi connectivity index (χ3v) is 5.09. The van der Waals surface area contributed by atoms with Gasteiger partial charge in [-0.15, -0.1) is 0 Å². The summed E-state index contributed by atoms with van der Waals surface area (Å²) in [6.07, 6.45) is 0.630. The molecule has 0 aliphatic carbocycles. The SMILES string of the molecule is CCCS(=O)(=O)CCOc1ccc(Cl)cc1C(C)NC. The Bertz CT molecular complexity index is 531. The third-order valence-electron chi connectivity index (χ3n) is 3.04. The molecule has 1 rings (SSSR count). The number of hydrogen-bond donors (Lipinski definition) is 1. The smallest absolute Gasteiger partial charge is 0.153 e. The van der Waals surface area contributed by atoms with Crippen molar-refractivity contribution < 1.29 is 13.2 Å². The Hall–Kier alpha value is -0.780. The molecule has 0 heterocycles. The van der Waals surface area contributed by atoms with Crippen LogP contribution >= 0.6 is 11.6 Å². The number of sulfone groups is 1. The van der Waals surface area contributed by atoms with Gasteiger partial charge in [0.2, 0.25) is 0 Å². The molecule has 20 heavy (non-hydrogen) atoms. The van der Waals surface area contributed by atoms with Crippen molar-refractivity contribution in [1.82, 2.24) is 5.32 Å². The van der Waals surface area contributed by atoms with Gasteiger partial charge in [0.15, 0.2) is 9.84 Å². The normalized spacial score (nSPS) is 13.2. The van der Waals surface area contributed by atoms with E-state index in [2.05, 4.69) is 5.32 Å². The minimum absolute atomic E-state index is 0.0385. The van der Waals surface area contributed by atoms with Gasteiger partial charge >= 0.3 is 0 Å². The summed E-state index contributed by atoms with van der Waals surface area (Å²) in [5.41, 5.74) is 0.924. The molecule has 114 valence electrons. The highest BCUT2D eigenvalue weighted by Crippen LogP contribution is 2.28. The standard InChI is InChI=1S/C14H22ClNO3S/c1-4-8-20(17,18)9-7-19-14-6-5-12(15)10-13(14)11(2)16-3/h5-6,10-11,16H,4,7-9H2,1-3H3. The molecule has 0 amide bonds. The van der Waals surface area contributed by atoms with Crippen LogP contribution in [0, 0.1) is 0 Å². The maximum Gasteiger partial charge on any atom is 0.153 e. The highest BCUT2D eigenvalue weighted by molar-refractivity contribution is 7.91. The third kappa shape index (κ3) is 5.31. The summed E-state index contributed by atoms with van der Waals surface area (Å²) in [7, 11) is -1.17. The lowest BCUT2D eigenvalue weighted by atomic mass is 10.1. The van der Waals surface area contributed by atoms with E-state index >= 15 is 0 Å². The predicted molar refractivity (Wildman–Crippen MR) is 83.4 cm³/mol. The summed E-state index contributed by atoms with van der Waals surface area (Å²) in [5.74, 6) is 0.913. The van der Waals surface area contributed by atoms with E-state index < -0.39 is 9.84 Å². The molecule has 0 saturated heterocycles. The van der Waals surface area contributed by atoms with Crippen molar-refractivity contribution in [1.29, 1.82) is 0 Å². The summed E-state index contributed by atoms with van der Waals surface area (Å²) in [4.78, 5) is 0. The van der Waals surface area contributed by atoms with E-state index in [1.807, 2.05) is 27.0 Å². The van der Waals surface area contributed by atoms with Crippen LogP contribution in [0.25, 0.3) is 0 Å². The molecule has 1 atom stereocenters. The number of nitrogens with one attached hydrogen (secondary N) is 1. The summed E-state index contributed by atoms with van der Waals surface area (Å²) in [6, 6.07) is 5.43. The van der Waals surface area contributed by atoms with Crippen molar-refractivity contribution >= 4 is 21.4 Å². The molecule has 1 aromatic carbocycles. The Balaban J connectivity index is 2.73. The Morgan fingerprint density at radius 2 is 2.05 bits per heavy atom. The molecule has 1 aromatic rings. The molecule has 1 unspecified atom stereocenters. The lowest BCUT2D eigenvalue weighted by Gasteiger charge is -2.17. The zero-order valence-corrected chi connectivity index (χ0v) is 13.7. The zero-order valence-electron chi connectivity index (χ0n) is 12.1. The summed E-state index contributed by atoms with van der Waals surface area (Å²) < 4.78 is 28.9. The van der Waals surface area contributed by atoms with Crippen molar-refractivity contribution in [2.24, 2.45) is 0 Å². The number of benzene rings is 1. The van der Waals surface area contributed by atoms with E-state index in [1.165, 1.54) is 0 Å². The lowest BCUT2D eigenvalue weighted by Crippen LogP contribution is -2.18. The summed E-state index contributed by atoms with van der Waals surface area (Å²) >= 11 is 5.99. The van der Waals surface area contributed by atoms with Crippen LogP contribution in [0.5, 0.6) is 5.75 Å². The molecule has 0 spiro atoms. The largest absolute Gasteiger partial charge is 0.492 e. The van der Waals surface area contributed by atoms with Gasteiger partial charge in [0, 0.05) is 16.6 Å². The average Bonchev–Trinajstić information content (AvgIpc) is 2.39. The molecule has 0 aromatic heterocycles. The molecule has 0 bridgehead atoms. The van der Waals surface area contributed by atoms with E-state index in [0.29, 0.717) is 17.2 Å². The molecule has 0 aliphatic heterocycles. The van der Waals surface area contributed by atoms with Gasteiger partial charge in [-0.2, -0.15) is 0 Å². The molecular formula is C14H22ClNO3S. The van der Waals surface area contributed by atoms with Gasteiger partial charge in [-0.25, -0.2) is 8.42 Å². The predicted octanol–water partition coefficient (Wildman–Crippen LogP) is 2.82. The molecule has 1 N–H and O–H groups in total. The quantitative estimate of drug-likeness (QED) is 0.800. The number of halogens is 1. The topological polar surface area (TPSA) is 55.4 Å². The molecule has 0 fully saturated rings. The van der Waals surface area contributed by atoms with Crippen LogP contribution in [-0.4, -0.2) is 33.6 Å². The van der Waals surface area contributed by atoms with Gasteiger partial charge in [0.05, 0.1) is 11.5 Å². The minimum atomic E-state index is -3.02. The first kappa shape index (κ1) is 17.3. The van der Waals surface area contributed by atoms with Gasteiger partial charge in [0.25, 0.3) is 0 Å². The van der Waals surface area contributed by atoms with Gasteiger partial charge < -0.3 is 10.1 Å². The Morgan fingerprint density at radius 3 is 2.65 bits per heavy atom. The fraction of sp³-hybridized carbons (Fsp3) is 0.571. The molecular weight excluding hydrogens is 298 g/mol. The zero-order chi connectivity index (χ0) is 15.2. The average molecular weight is 320 g/mol. The fourth-order valence-corrected chi connectivity index (χ4v) is 3.18. The lowest BCUT2D eigenvalue weighted by molar-refractivity contribution is 0.334. The summed E-state index contributed by atoms with van der Waals surface area (Å²) in [6.45, 7) is 4.00. The highest BCUT2D eigenvalue weighted by atomic mass is 35.5. The minimum Gasteiger partial charge on any atom is -0.492 e. The number of hydrogen-bond acceptors (Lipinski definition) is 4. The van der Waals surface area contributed by atoms with E-state index in [1.54, 1.807) is 12.1 Å². The highest BCUT2D eigenvalue weighted by Gasteiger charge is 2.13. The van der Waals surface area contributed by atoms with Crippen LogP contribution in [0.2, 0.25) is 5.02 Å². The Kier molecular flexibility index (Phi) is 6.79. The first-order valence-electron chi connectivity index (χ1n) is 6.69. The Morgan fingerprint density at radius 1 is 1.35 bits per heavy atom. The Labute approximate surface area is 126 Å². The maximum absolute atomic E-state index is 11.6. The van der Waals surface area contributed by atoms with E-state index in [-0.39, 0.29) is 24.2 Å². The van der Waals surface area contributed by atoms with Crippen molar-refractivity contribution in [3.05, 3.63) is 28.8 Å². The van der Waals surface area contributed by atoms with Crippen LogP contribution in [0.15, 0.2) is 18.2 Å². The fourth-order valence-electron chi connectivity index (χ4n) is 1.84. The maximum atomic E-state index is 11.6. The second-order valence-corrected chi connectivity index (χ2v) is 7.43. The van der Waals surface area contributed by atoms with Crippen LogP contribution in [0.3, 0.4) is 0 Å². The van der Waals surface area contributed by atoms with Crippen molar-refractivity contribution in [3.8, 4) is 5.75 Å². The van der Waals surface area contributed by atoms with Gasteiger partial charge in [-0.3, -0.25) is 0 Å². The molecule has 4 nitrogen and oxygen atoms in total. The van der Waals surface area contributed by atoms with Crippen LogP contribution < -0.4 is 10.1 Å². The van der Waals surface area contributed by atoms with E-state index in [4.69, 9.17) is 16.3 Å². The first-order valence-corrected chi connectivity index (χ1v) is 8.89. The molecule has 6 heteroatoms. The van der Waals surface area contributed by atoms with Crippen LogP contribution in [0.1, 0.15) is 31.9 Å². The summed E-state index contributed by atoms with van der Waals surface area (Å²) in [5, 5.41) is 3.75. The van der Waals surface area contributed by atoms with E-state index in [9.17, 15) is 8.42 Å². The van der Waals surface area contributed by atoms with Crippen molar-refractivity contribution in [2.45, 2.75) is 26.3 Å². The van der Waals surface area contributed by atoms with Gasteiger partial charge in [-0.1, -0.05) is 18.5 Å². The van der Waals surface area contributed by atoms with Crippen LogP contribution in [0.4, 0.5) is 0 Å². The second kappa shape index (κ2) is 7.86. The molecule has 0 saturated carbocycles. The number of rotatable bonds is 8. The second-order valence-electron chi connectivity index (χ2n) is 4.69. The van der Waals surface area contributed by atoms with E-state index in [0.717, 1.165) is 5.56 Å². The van der Waals surface area contributed by atoms with Crippen molar-refractivity contribution in [2.75, 3.05) is 25.2 Å². The van der Waals surface area contributed by atoms with Crippen molar-refractivity contribution in [3.63, 3.8) is 0 Å². The first-order chi connectivity index (χ1) is 9.39. The molecule has 0 aliphatic rings. The monoisotopic (exact) mass is 319 g/mol. The van der Waals surface area contributed by atoms with Gasteiger partial charge in [0.1, 0.15) is 12.4 Å².